The first-order valence-electron chi connectivity index (χ1n) is 22.6. The molecular formula is C46H54F3N11O7S2. The maximum absolute atomic E-state index is 13.8. The van der Waals surface area contributed by atoms with Crippen LogP contribution in [-0.4, -0.2) is 90.1 Å². The van der Waals surface area contributed by atoms with Crippen molar-refractivity contribution in [2.45, 2.75) is 112 Å². The number of amides is 6. The third-order valence-electron chi connectivity index (χ3n) is 11.6. The van der Waals surface area contributed by atoms with Crippen molar-refractivity contribution in [2.75, 3.05) is 18.8 Å². The molecule has 3 heterocycles. The number of nitrogens with zero attached hydrogens (tertiary/aromatic N) is 5. The summed E-state index contributed by atoms with van der Waals surface area (Å²) in [5.74, 6) is -1.06. The summed E-state index contributed by atoms with van der Waals surface area (Å²) >= 11 is 1.85. The van der Waals surface area contributed by atoms with Gasteiger partial charge in [-0.1, -0.05) is 59.9 Å². The normalized spacial score (nSPS) is 16.9. The summed E-state index contributed by atoms with van der Waals surface area (Å²) in [7, 11) is -4.57. The average Bonchev–Trinajstić information content (AvgIpc) is 4.04. The van der Waals surface area contributed by atoms with Gasteiger partial charge in [-0.2, -0.15) is 30.0 Å². The SMILES string of the molecule is Cc1ccc(-c2cc(C(F)(F)F)nn2-c2ccc(S(=O)(=O)NC(=O)[C@@H](CCCCNC(=O)CCCCCNC(=O)CCCC[C@@H]3SC[C@H]4NC(=O)N[C@@H]34)NC(=O)c3ccc(N=[N+]=[N-])cc3)cc2)cc1. The average molecular weight is 994 g/mol. The molecule has 6 rings (SSSR count). The summed E-state index contributed by atoms with van der Waals surface area (Å²) in [5, 5.41) is 21.8. The molecule has 2 saturated heterocycles. The van der Waals surface area contributed by atoms with Gasteiger partial charge in [-0.25, -0.2) is 22.6 Å². The molecule has 4 atom stereocenters. The van der Waals surface area contributed by atoms with Crippen molar-refractivity contribution in [1.82, 2.24) is 41.1 Å². The molecule has 0 aliphatic carbocycles. The maximum atomic E-state index is 13.8. The second-order valence-electron chi connectivity index (χ2n) is 16.8. The molecule has 368 valence electrons. The fraction of sp³-hybridized carbons (Fsp3) is 0.435. The Morgan fingerprint density at radius 1 is 0.884 bits per heavy atom. The zero-order valence-corrected chi connectivity index (χ0v) is 39.4. The van der Waals surface area contributed by atoms with Gasteiger partial charge in [0, 0.05) is 58.7 Å². The second kappa shape index (κ2) is 24.1. The number of azide groups is 1. The molecule has 0 saturated carbocycles. The number of fused-ring (bicyclic) bond motifs is 1. The van der Waals surface area contributed by atoms with Crippen molar-refractivity contribution in [2.24, 2.45) is 5.11 Å². The van der Waals surface area contributed by atoms with Crippen LogP contribution in [0.1, 0.15) is 92.2 Å². The molecule has 23 heteroatoms. The summed E-state index contributed by atoms with van der Waals surface area (Å²) in [5.41, 5.74) is 9.46. The monoisotopic (exact) mass is 993 g/mol. The third kappa shape index (κ3) is 15.0. The van der Waals surface area contributed by atoms with E-state index in [-0.39, 0.29) is 83.3 Å². The van der Waals surface area contributed by atoms with E-state index in [4.69, 9.17) is 5.53 Å². The number of nitrogens with one attached hydrogen (secondary N) is 6. The first-order chi connectivity index (χ1) is 33.0. The molecule has 4 aromatic rings. The minimum absolute atomic E-state index is 0.0112. The van der Waals surface area contributed by atoms with E-state index in [2.05, 4.69) is 41.7 Å². The van der Waals surface area contributed by atoms with Crippen LogP contribution in [0.4, 0.5) is 23.7 Å². The molecular weight excluding hydrogens is 940 g/mol. The van der Waals surface area contributed by atoms with Gasteiger partial charge in [0.1, 0.15) is 6.04 Å². The highest BCUT2D eigenvalue weighted by atomic mass is 32.2. The van der Waals surface area contributed by atoms with Gasteiger partial charge in [-0.05, 0) is 99.9 Å². The molecule has 0 unspecified atom stereocenters. The Balaban J connectivity index is 0.953. The number of thioether (sulfide) groups is 1. The number of sulfonamides is 1. The minimum Gasteiger partial charge on any atom is -0.356 e. The molecule has 6 amide bonds. The number of alkyl halides is 3. The van der Waals surface area contributed by atoms with E-state index in [1.54, 1.807) is 24.3 Å². The quantitative estimate of drug-likeness (QED) is 0.0137. The number of hydrogen-bond donors (Lipinski definition) is 6. The fourth-order valence-corrected chi connectivity index (χ4v) is 10.4. The molecule has 18 nitrogen and oxygen atoms in total. The smallest absolute Gasteiger partial charge is 0.356 e. The van der Waals surface area contributed by atoms with Crippen molar-refractivity contribution in [3.05, 3.63) is 106 Å². The summed E-state index contributed by atoms with van der Waals surface area (Å²) in [6.45, 7) is 2.59. The van der Waals surface area contributed by atoms with Crippen LogP contribution in [0.15, 0.2) is 88.9 Å². The highest BCUT2D eigenvalue weighted by Crippen LogP contribution is 2.35. The van der Waals surface area contributed by atoms with E-state index in [1.165, 1.54) is 36.4 Å². The predicted molar refractivity (Wildman–Crippen MR) is 253 cm³/mol. The predicted octanol–water partition coefficient (Wildman–Crippen LogP) is 7.10. The largest absolute Gasteiger partial charge is 0.435 e. The van der Waals surface area contributed by atoms with E-state index in [9.17, 15) is 45.6 Å². The molecule has 69 heavy (non-hydrogen) atoms. The molecule has 0 bridgehead atoms. The van der Waals surface area contributed by atoms with Crippen molar-refractivity contribution in [3.8, 4) is 16.9 Å². The first-order valence-corrected chi connectivity index (χ1v) is 25.1. The van der Waals surface area contributed by atoms with Crippen LogP contribution in [-0.2, 0) is 30.6 Å². The summed E-state index contributed by atoms with van der Waals surface area (Å²) < 4.78 is 71.3. The number of halogens is 3. The zero-order valence-electron chi connectivity index (χ0n) is 37.8. The third-order valence-corrected chi connectivity index (χ3v) is 14.5. The van der Waals surface area contributed by atoms with Crippen LogP contribution < -0.4 is 31.3 Å². The van der Waals surface area contributed by atoms with Gasteiger partial charge in [0.2, 0.25) is 11.8 Å². The van der Waals surface area contributed by atoms with Crippen LogP contribution in [0.2, 0.25) is 0 Å². The number of unbranched alkanes of at least 4 members (excludes halogenated alkanes) is 4. The Bertz CT molecular complexity index is 2610. The number of rotatable bonds is 24. The van der Waals surface area contributed by atoms with E-state index in [1.807, 2.05) is 23.4 Å². The standard InChI is InChI=1S/C46H54F3N11O7S2/c1-29-13-15-30(16-14-29)37-27-39(46(47,48)49)57-60(37)33-21-23-34(24-22-33)69(66,67)58-44(64)35(53-43(63)31-17-19-32(20-18-31)56-59-50)9-6-8-26-52-40(61)11-3-2-7-25-51-41(62)12-5-4-10-38-42-36(28-68-38)54-45(65)55-42/h13-24,27,35-36,38,42H,2-12,25-26,28H2,1H3,(H,51,62)(H,52,61)(H,53,63)(H,58,64)(H2,54,55,65)/t35-,36-,38+,42-/m1/s1. The summed E-state index contributed by atoms with van der Waals surface area (Å²) in [4.78, 5) is 65.6. The Morgan fingerprint density at radius 3 is 2.19 bits per heavy atom. The number of urea groups is 1. The molecule has 2 aliphatic heterocycles. The van der Waals surface area contributed by atoms with Gasteiger partial charge in [0.05, 0.1) is 28.4 Å². The Kier molecular flexibility index (Phi) is 18.1. The van der Waals surface area contributed by atoms with E-state index >= 15 is 0 Å². The van der Waals surface area contributed by atoms with Gasteiger partial charge < -0.3 is 26.6 Å². The maximum Gasteiger partial charge on any atom is 0.435 e. The highest BCUT2D eigenvalue weighted by molar-refractivity contribution is 8.00. The molecule has 0 spiro atoms. The lowest BCUT2D eigenvalue weighted by atomic mass is 10.0. The topological polar surface area (TPSA) is 258 Å². The van der Waals surface area contributed by atoms with Gasteiger partial charge in [-0.15, -0.1) is 0 Å². The summed E-state index contributed by atoms with van der Waals surface area (Å²) in [6, 6.07) is 16.8. The number of carbonyl (C=O) groups excluding carboxylic acids is 5. The summed E-state index contributed by atoms with van der Waals surface area (Å²) in [6.07, 6.45) is 1.27. The Hall–Kier alpha value is -6.58. The zero-order chi connectivity index (χ0) is 49.6. The second-order valence-corrected chi connectivity index (χ2v) is 19.7. The molecule has 2 fully saturated rings. The Labute approximate surface area is 401 Å². The lowest BCUT2D eigenvalue weighted by Crippen LogP contribution is -2.48. The van der Waals surface area contributed by atoms with Gasteiger partial charge >= 0.3 is 12.2 Å². The fourth-order valence-electron chi connectivity index (χ4n) is 7.88. The van der Waals surface area contributed by atoms with Crippen LogP contribution in [0.25, 0.3) is 27.4 Å². The van der Waals surface area contributed by atoms with Crippen molar-refractivity contribution < 1.29 is 45.6 Å². The molecule has 1 aromatic heterocycles. The Morgan fingerprint density at radius 2 is 1.54 bits per heavy atom. The lowest BCUT2D eigenvalue weighted by molar-refractivity contribution is -0.141. The molecule has 6 N–H and O–H groups in total. The lowest BCUT2D eigenvalue weighted by Gasteiger charge is -2.19. The van der Waals surface area contributed by atoms with Gasteiger partial charge in [0.25, 0.3) is 21.8 Å². The van der Waals surface area contributed by atoms with Crippen LogP contribution in [0.3, 0.4) is 0 Å². The number of aromatic nitrogens is 2. The number of aryl methyl sites for hydroxylation is 1. The van der Waals surface area contributed by atoms with Crippen molar-refractivity contribution >= 4 is 57.1 Å². The van der Waals surface area contributed by atoms with Crippen LogP contribution in [0, 0.1) is 6.92 Å². The van der Waals surface area contributed by atoms with E-state index < -0.39 is 39.7 Å². The van der Waals surface area contributed by atoms with Crippen LogP contribution >= 0.6 is 11.8 Å². The van der Waals surface area contributed by atoms with Crippen LogP contribution in [0.5, 0.6) is 0 Å². The number of carbonyl (C=O) groups is 5. The van der Waals surface area contributed by atoms with E-state index in [0.717, 1.165) is 59.9 Å². The van der Waals surface area contributed by atoms with E-state index in [0.29, 0.717) is 43.0 Å². The molecule has 0 radical (unpaired) electrons. The molecule has 2 aliphatic rings. The van der Waals surface area contributed by atoms with Gasteiger partial charge in [-0.3, -0.25) is 19.2 Å². The van der Waals surface area contributed by atoms with Crippen molar-refractivity contribution in [3.63, 3.8) is 0 Å². The first kappa shape index (κ1) is 51.8. The number of benzene rings is 3. The highest BCUT2D eigenvalue weighted by Gasteiger charge is 2.42. The van der Waals surface area contributed by atoms with Gasteiger partial charge in [0.15, 0.2) is 5.69 Å². The minimum atomic E-state index is -4.75. The molecule has 3 aromatic carbocycles. The van der Waals surface area contributed by atoms with Crippen molar-refractivity contribution in [1.29, 1.82) is 0 Å². The number of hydrogen-bond acceptors (Lipinski definition) is 10.